The normalized spacial score (nSPS) is 12.5. The molecule has 0 aromatic rings. The first-order chi connectivity index (χ1) is 6.93. The monoisotopic (exact) mass is 218 g/mol. The minimum Gasteiger partial charge on any atom is -0.480 e. The molecule has 0 rings (SSSR count). The van der Waals surface area contributed by atoms with Crippen LogP contribution in [0.5, 0.6) is 0 Å². The van der Waals surface area contributed by atoms with Crippen LogP contribution in [0.15, 0.2) is 0 Å². The fourth-order valence-electron chi connectivity index (χ4n) is 0.726. The molecule has 1 unspecified atom stereocenters. The second-order valence-corrected chi connectivity index (χ2v) is 3.50. The molecule has 1 amide bonds. The van der Waals surface area contributed by atoms with E-state index in [9.17, 15) is 9.59 Å². The van der Waals surface area contributed by atoms with E-state index in [4.69, 9.17) is 5.11 Å². The van der Waals surface area contributed by atoms with Gasteiger partial charge in [0.05, 0.1) is 0 Å². The summed E-state index contributed by atoms with van der Waals surface area (Å²) in [6.45, 7) is 1.82. The average molecular weight is 218 g/mol. The van der Waals surface area contributed by atoms with Crippen LogP contribution in [0.3, 0.4) is 0 Å². The zero-order valence-corrected chi connectivity index (χ0v) is 9.32. The summed E-state index contributed by atoms with van der Waals surface area (Å²) in [6, 6.07) is 0.230. The van der Waals surface area contributed by atoms with Crippen molar-refractivity contribution in [1.29, 1.82) is 0 Å². The smallest absolute Gasteiger partial charge is 0.329 e. The number of rotatable bonds is 7. The van der Waals surface area contributed by atoms with E-state index >= 15 is 0 Å². The van der Waals surface area contributed by atoms with Crippen molar-refractivity contribution >= 4 is 11.9 Å². The predicted molar refractivity (Wildman–Crippen MR) is 54.6 cm³/mol. The van der Waals surface area contributed by atoms with Crippen LogP contribution in [0.4, 0.5) is 0 Å². The van der Waals surface area contributed by atoms with Crippen molar-refractivity contribution in [3.05, 3.63) is 0 Å². The van der Waals surface area contributed by atoms with Crippen molar-refractivity contribution in [2.75, 3.05) is 33.9 Å². The summed E-state index contributed by atoms with van der Waals surface area (Å²) in [5, 5.41) is 10.9. The molecule has 0 bridgehead atoms. The molecular formula is C9H18N2O4. The summed E-state index contributed by atoms with van der Waals surface area (Å²) in [4.78, 5) is 23.1. The summed E-state index contributed by atoms with van der Waals surface area (Å²) in [5.41, 5.74) is 0. The molecule has 0 aliphatic heterocycles. The molecule has 0 saturated heterocycles. The van der Waals surface area contributed by atoms with Crippen LogP contribution in [0, 0.1) is 0 Å². The number of likely N-dealkylation sites (N-methyl/N-ethyl adjacent to an activating group) is 1. The van der Waals surface area contributed by atoms with E-state index in [1.165, 1.54) is 0 Å². The number of carbonyl (C=O) groups is 2. The molecular weight excluding hydrogens is 200 g/mol. The van der Waals surface area contributed by atoms with E-state index in [2.05, 4.69) is 10.1 Å². The lowest BCUT2D eigenvalue weighted by Crippen LogP contribution is -2.39. The highest BCUT2D eigenvalue weighted by Gasteiger charge is 2.07. The fourth-order valence-corrected chi connectivity index (χ4v) is 0.726. The highest BCUT2D eigenvalue weighted by molar-refractivity contribution is 5.77. The van der Waals surface area contributed by atoms with E-state index in [1.54, 1.807) is 0 Å². The number of carbonyl (C=O) groups excluding carboxylic acids is 1. The van der Waals surface area contributed by atoms with Gasteiger partial charge in [-0.2, -0.15) is 0 Å². The Kier molecular flexibility index (Phi) is 6.64. The van der Waals surface area contributed by atoms with Crippen molar-refractivity contribution in [3.63, 3.8) is 0 Å². The Morgan fingerprint density at radius 1 is 1.40 bits per heavy atom. The summed E-state index contributed by atoms with van der Waals surface area (Å²) in [7, 11) is 3.83. The van der Waals surface area contributed by atoms with Crippen LogP contribution < -0.4 is 5.32 Å². The average Bonchev–Trinajstić information content (AvgIpc) is 2.13. The topological polar surface area (TPSA) is 78.9 Å². The van der Waals surface area contributed by atoms with Crippen LogP contribution in [0.1, 0.15) is 6.92 Å². The molecule has 0 aromatic carbocycles. The standard InChI is InChI=1S/C9H18N2O4/c1-7(11(2)3)4-10-8(12)5-15-6-9(13)14/h7H,4-6H2,1-3H3,(H,10,12)(H,13,14). The third-order valence-corrected chi connectivity index (χ3v) is 1.93. The van der Waals surface area contributed by atoms with Gasteiger partial charge in [-0.05, 0) is 21.0 Å². The van der Waals surface area contributed by atoms with Crippen molar-refractivity contribution in [2.24, 2.45) is 0 Å². The fraction of sp³-hybridized carbons (Fsp3) is 0.778. The highest BCUT2D eigenvalue weighted by Crippen LogP contribution is 1.88. The largest absolute Gasteiger partial charge is 0.480 e. The second kappa shape index (κ2) is 7.19. The molecule has 0 aliphatic rings. The molecule has 6 nitrogen and oxygen atoms in total. The summed E-state index contributed by atoms with van der Waals surface area (Å²) in [5.74, 6) is -1.38. The van der Waals surface area contributed by atoms with Crippen LogP contribution in [0.2, 0.25) is 0 Å². The second-order valence-electron chi connectivity index (χ2n) is 3.50. The van der Waals surface area contributed by atoms with E-state index < -0.39 is 12.6 Å². The van der Waals surface area contributed by atoms with Gasteiger partial charge in [0.25, 0.3) is 0 Å². The zero-order valence-electron chi connectivity index (χ0n) is 9.32. The van der Waals surface area contributed by atoms with Crippen molar-refractivity contribution < 1.29 is 19.4 Å². The van der Waals surface area contributed by atoms with E-state index in [0.717, 1.165) is 0 Å². The molecule has 0 saturated carbocycles. The van der Waals surface area contributed by atoms with Gasteiger partial charge < -0.3 is 20.1 Å². The molecule has 6 heteroatoms. The molecule has 15 heavy (non-hydrogen) atoms. The first kappa shape index (κ1) is 13.9. The number of nitrogens with zero attached hydrogens (tertiary/aromatic N) is 1. The SMILES string of the molecule is CC(CNC(=O)COCC(=O)O)N(C)C. The van der Waals surface area contributed by atoms with Crippen LogP contribution in [0.25, 0.3) is 0 Å². The number of carboxylic acids is 1. The Morgan fingerprint density at radius 3 is 2.47 bits per heavy atom. The van der Waals surface area contributed by atoms with Crippen molar-refractivity contribution in [3.8, 4) is 0 Å². The first-order valence-electron chi connectivity index (χ1n) is 4.66. The van der Waals surface area contributed by atoms with Crippen LogP contribution >= 0.6 is 0 Å². The van der Waals surface area contributed by atoms with Crippen LogP contribution in [-0.2, 0) is 14.3 Å². The lowest BCUT2D eigenvalue weighted by atomic mass is 10.3. The molecule has 0 fully saturated rings. The lowest BCUT2D eigenvalue weighted by Gasteiger charge is -2.19. The van der Waals surface area contributed by atoms with Crippen LogP contribution in [-0.4, -0.2) is 61.8 Å². The van der Waals surface area contributed by atoms with Gasteiger partial charge in [-0.1, -0.05) is 0 Å². The number of amides is 1. The summed E-state index contributed by atoms with van der Waals surface area (Å²) < 4.78 is 4.62. The molecule has 88 valence electrons. The number of nitrogens with one attached hydrogen (secondary N) is 1. The molecule has 0 heterocycles. The quantitative estimate of drug-likeness (QED) is 0.582. The van der Waals surface area contributed by atoms with Gasteiger partial charge in [0.1, 0.15) is 13.2 Å². The van der Waals surface area contributed by atoms with Gasteiger partial charge in [0, 0.05) is 12.6 Å². The zero-order chi connectivity index (χ0) is 11.8. The maximum Gasteiger partial charge on any atom is 0.329 e. The summed E-state index contributed by atoms with van der Waals surface area (Å²) in [6.07, 6.45) is 0. The Balaban J connectivity index is 3.53. The number of hydrogen-bond acceptors (Lipinski definition) is 4. The Labute approximate surface area is 89.2 Å². The maximum atomic E-state index is 11.1. The Morgan fingerprint density at radius 2 is 2.00 bits per heavy atom. The van der Waals surface area contributed by atoms with Gasteiger partial charge in [-0.15, -0.1) is 0 Å². The van der Waals surface area contributed by atoms with E-state index in [-0.39, 0.29) is 18.6 Å². The van der Waals surface area contributed by atoms with Gasteiger partial charge in [0.15, 0.2) is 0 Å². The van der Waals surface area contributed by atoms with Gasteiger partial charge in [0.2, 0.25) is 5.91 Å². The predicted octanol–water partition coefficient (Wildman–Crippen LogP) is -0.846. The molecule has 1 atom stereocenters. The minimum atomic E-state index is -1.08. The molecule has 0 aliphatic carbocycles. The molecule has 0 radical (unpaired) electrons. The summed E-state index contributed by atoms with van der Waals surface area (Å²) >= 11 is 0. The minimum absolute atomic E-state index is 0.216. The lowest BCUT2D eigenvalue weighted by molar-refractivity contribution is -0.143. The van der Waals surface area contributed by atoms with Crippen molar-refractivity contribution in [2.45, 2.75) is 13.0 Å². The van der Waals surface area contributed by atoms with Gasteiger partial charge in [-0.25, -0.2) is 4.79 Å². The highest BCUT2D eigenvalue weighted by atomic mass is 16.5. The Hall–Kier alpha value is -1.14. The third-order valence-electron chi connectivity index (χ3n) is 1.93. The van der Waals surface area contributed by atoms with Gasteiger partial charge >= 0.3 is 5.97 Å². The third kappa shape index (κ3) is 7.90. The Bertz CT molecular complexity index is 218. The maximum absolute atomic E-state index is 11.1. The number of hydrogen-bond donors (Lipinski definition) is 2. The molecule has 0 spiro atoms. The van der Waals surface area contributed by atoms with E-state index in [1.807, 2.05) is 25.9 Å². The van der Waals surface area contributed by atoms with Gasteiger partial charge in [-0.3, -0.25) is 4.79 Å². The number of carboxylic acid groups (broad SMARTS) is 1. The number of aliphatic carboxylic acids is 1. The number of ether oxygens (including phenoxy) is 1. The molecule has 2 N–H and O–H groups in total. The molecule has 0 aromatic heterocycles. The van der Waals surface area contributed by atoms with Crippen molar-refractivity contribution in [1.82, 2.24) is 10.2 Å². The van der Waals surface area contributed by atoms with E-state index in [0.29, 0.717) is 6.54 Å². The first-order valence-corrected chi connectivity index (χ1v) is 4.66.